The molecule has 1 saturated heterocycles. The van der Waals surface area contributed by atoms with Gasteiger partial charge in [-0.2, -0.15) is 5.10 Å². The lowest BCUT2D eigenvalue weighted by atomic mass is 9.91. The minimum absolute atomic E-state index is 0.0894. The highest BCUT2D eigenvalue weighted by molar-refractivity contribution is 5.07. The maximum Gasteiger partial charge on any atom is 0.340 e. The van der Waals surface area contributed by atoms with E-state index in [1.807, 2.05) is 0 Å². The van der Waals surface area contributed by atoms with E-state index in [0.717, 1.165) is 38.1 Å². The van der Waals surface area contributed by atoms with Crippen molar-refractivity contribution in [1.82, 2.24) is 20.5 Å². The van der Waals surface area contributed by atoms with Gasteiger partial charge in [-0.3, -0.25) is 4.98 Å². The van der Waals surface area contributed by atoms with Gasteiger partial charge in [-0.25, -0.2) is 9.89 Å². The number of nitrogens with zero attached hydrogens (tertiary/aromatic N) is 1. The second kappa shape index (κ2) is 3.57. The Bertz CT molecular complexity index is 348. The molecule has 0 spiro atoms. The molecular formula is C9H16N4O. The fraction of sp³-hybridized carbons (Fsp3) is 0.778. The van der Waals surface area contributed by atoms with Crippen molar-refractivity contribution in [3.63, 3.8) is 0 Å². The van der Waals surface area contributed by atoms with Crippen molar-refractivity contribution in [1.29, 1.82) is 0 Å². The molecule has 0 saturated carbocycles. The van der Waals surface area contributed by atoms with Gasteiger partial charge in [-0.05, 0) is 25.8 Å². The lowest BCUT2D eigenvalue weighted by Crippen LogP contribution is -2.38. The molecule has 78 valence electrons. The molecular weight excluding hydrogens is 180 g/mol. The van der Waals surface area contributed by atoms with Crippen molar-refractivity contribution in [3.05, 3.63) is 16.3 Å². The average Bonchev–Trinajstić information content (AvgIpc) is 2.75. The minimum Gasteiger partial charge on any atom is -0.305 e. The summed E-state index contributed by atoms with van der Waals surface area (Å²) in [4.78, 5) is 13.8. The highest BCUT2D eigenvalue weighted by atomic mass is 16.1. The number of hydrogen-bond acceptors (Lipinski definition) is 3. The monoisotopic (exact) mass is 196 g/mol. The molecule has 2 rings (SSSR count). The van der Waals surface area contributed by atoms with E-state index in [9.17, 15) is 4.79 Å². The summed E-state index contributed by atoms with van der Waals surface area (Å²) in [7, 11) is 0. The molecule has 0 aromatic carbocycles. The van der Waals surface area contributed by atoms with Gasteiger partial charge in [0.2, 0.25) is 0 Å². The highest BCUT2D eigenvalue weighted by Crippen LogP contribution is 2.32. The summed E-state index contributed by atoms with van der Waals surface area (Å²) >= 11 is 0. The predicted octanol–water partition coefficient (Wildman–Crippen LogP) is 0.477. The van der Waals surface area contributed by atoms with E-state index in [1.54, 1.807) is 0 Å². The van der Waals surface area contributed by atoms with Gasteiger partial charge < -0.3 is 5.32 Å². The molecule has 1 aliphatic heterocycles. The Morgan fingerprint density at radius 3 is 2.93 bits per heavy atom. The third-order valence-corrected chi connectivity index (χ3v) is 2.87. The summed E-state index contributed by atoms with van der Waals surface area (Å²) in [6.07, 6.45) is 4.31. The van der Waals surface area contributed by atoms with Crippen LogP contribution in [0, 0.1) is 0 Å². The molecule has 1 aromatic rings. The number of H-pyrrole nitrogens is 2. The number of rotatable bonds is 3. The fourth-order valence-corrected chi connectivity index (χ4v) is 2.26. The summed E-state index contributed by atoms with van der Waals surface area (Å²) in [5.41, 5.74) is -0.308. The van der Waals surface area contributed by atoms with E-state index in [4.69, 9.17) is 0 Å². The van der Waals surface area contributed by atoms with Gasteiger partial charge in [0, 0.05) is 0 Å². The number of aromatic amines is 2. The number of nitrogens with one attached hydrogen (secondary N) is 3. The maximum absolute atomic E-state index is 11.0. The first-order valence-electron chi connectivity index (χ1n) is 5.17. The lowest BCUT2D eigenvalue weighted by molar-refractivity contribution is 0.335. The first kappa shape index (κ1) is 9.45. The number of hydrogen-bond donors (Lipinski definition) is 3. The van der Waals surface area contributed by atoms with Crippen molar-refractivity contribution in [2.45, 2.75) is 38.1 Å². The third-order valence-electron chi connectivity index (χ3n) is 2.87. The van der Waals surface area contributed by atoms with E-state index in [-0.39, 0.29) is 11.2 Å². The Morgan fingerprint density at radius 2 is 2.43 bits per heavy atom. The quantitative estimate of drug-likeness (QED) is 0.658. The van der Waals surface area contributed by atoms with Crippen LogP contribution in [0.15, 0.2) is 4.79 Å². The smallest absolute Gasteiger partial charge is 0.305 e. The van der Waals surface area contributed by atoms with E-state index in [2.05, 4.69) is 27.4 Å². The normalized spacial score (nSPS) is 26.9. The predicted molar refractivity (Wildman–Crippen MR) is 53.0 cm³/mol. The van der Waals surface area contributed by atoms with Gasteiger partial charge in [-0.1, -0.05) is 13.3 Å². The summed E-state index contributed by atoms with van der Waals surface area (Å²) in [6.45, 7) is 3.15. The topological polar surface area (TPSA) is 73.6 Å². The van der Waals surface area contributed by atoms with Crippen molar-refractivity contribution < 1.29 is 0 Å². The van der Waals surface area contributed by atoms with Gasteiger partial charge >= 0.3 is 5.69 Å². The lowest BCUT2D eigenvalue weighted by Gasteiger charge is -2.25. The third kappa shape index (κ3) is 1.48. The standard InChI is InChI=1S/C9H16N4O/c1-2-4-9(5-3-6-10-9)7-11-8(14)13-12-7/h10H,2-6H2,1H3,(H2,11,12,13,14). The van der Waals surface area contributed by atoms with E-state index in [1.165, 1.54) is 0 Å². The Kier molecular flexibility index (Phi) is 2.41. The average molecular weight is 196 g/mol. The molecule has 0 bridgehead atoms. The Hall–Kier alpha value is -1.10. The second-order valence-electron chi connectivity index (χ2n) is 3.89. The van der Waals surface area contributed by atoms with Crippen LogP contribution in [-0.4, -0.2) is 21.7 Å². The largest absolute Gasteiger partial charge is 0.340 e. The summed E-state index contributed by atoms with van der Waals surface area (Å²) in [5.74, 6) is 0.766. The van der Waals surface area contributed by atoms with Crippen molar-refractivity contribution in [2.75, 3.05) is 6.54 Å². The van der Waals surface area contributed by atoms with Crippen LogP contribution in [0.25, 0.3) is 0 Å². The summed E-state index contributed by atoms with van der Waals surface area (Å²) in [6, 6.07) is 0. The molecule has 1 atom stereocenters. The van der Waals surface area contributed by atoms with Gasteiger partial charge in [0.05, 0.1) is 5.54 Å². The Morgan fingerprint density at radius 1 is 1.57 bits per heavy atom. The molecule has 14 heavy (non-hydrogen) atoms. The zero-order valence-electron chi connectivity index (χ0n) is 8.39. The molecule has 1 aromatic heterocycles. The maximum atomic E-state index is 11.0. The van der Waals surface area contributed by atoms with Crippen LogP contribution in [-0.2, 0) is 5.54 Å². The molecule has 0 radical (unpaired) electrons. The molecule has 5 heteroatoms. The fourth-order valence-electron chi connectivity index (χ4n) is 2.26. The molecule has 0 aliphatic carbocycles. The molecule has 1 fully saturated rings. The Balaban J connectivity index is 2.30. The Labute approximate surface area is 82.3 Å². The van der Waals surface area contributed by atoms with Gasteiger partial charge in [-0.15, -0.1) is 0 Å². The highest BCUT2D eigenvalue weighted by Gasteiger charge is 2.37. The van der Waals surface area contributed by atoms with E-state index < -0.39 is 0 Å². The molecule has 3 N–H and O–H groups in total. The van der Waals surface area contributed by atoms with Crippen LogP contribution in [0.3, 0.4) is 0 Å². The SMILES string of the molecule is CCCC1(c2n[nH]c(=O)[nH]2)CCCN1. The van der Waals surface area contributed by atoms with Crippen molar-refractivity contribution in [3.8, 4) is 0 Å². The van der Waals surface area contributed by atoms with Crippen molar-refractivity contribution >= 4 is 0 Å². The van der Waals surface area contributed by atoms with Gasteiger partial charge in [0.1, 0.15) is 0 Å². The van der Waals surface area contributed by atoms with Crippen LogP contribution < -0.4 is 11.0 Å². The molecule has 1 unspecified atom stereocenters. The summed E-state index contributed by atoms with van der Waals surface area (Å²) in [5, 5.41) is 9.91. The van der Waals surface area contributed by atoms with E-state index in [0.29, 0.717) is 0 Å². The first-order chi connectivity index (χ1) is 6.77. The van der Waals surface area contributed by atoms with Crippen LogP contribution in [0.4, 0.5) is 0 Å². The summed E-state index contributed by atoms with van der Waals surface area (Å²) < 4.78 is 0. The molecule has 0 amide bonds. The minimum atomic E-state index is -0.218. The van der Waals surface area contributed by atoms with Crippen LogP contribution in [0.2, 0.25) is 0 Å². The zero-order chi connectivity index (χ0) is 10.0. The molecule has 2 heterocycles. The van der Waals surface area contributed by atoms with Gasteiger partial charge in [0.25, 0.3) is 0 Å². The van der Waals surface area contributed by atoms with Gasteiger partial charge in [0.15, 0.2) is 5.82 Å². The molecule has 5 nitrogen and oxygen atoms in total. The zero-order valence-corrected chi connectivity index (χ0v) is 8.39. The first-order valence-corrected chi connectivity index (χ1v) is 5.17. The molecule has 1 aliphatic rings. The second-order valence-corrected chi connectivity index (χ2v) is 3.89. The number of aromatic nitrogens is 3. The van der Waals surface area contributed by atoms with Crippen LogP contribution in [0.1, 0.15) is 38.4 Å². The van der Waals surface area contributed by atoms with Crippen molar-refractivity contribution in [2.24, 2.45) is 0 Å². The van der Waals surface area contributed by atoms with E-state index >= 15 is 0 Å². The van der Waals surface area contributed by atoms with Crippen LogP contribution >= 0.6 is 0 Å². The van der Waals surface area contributed by atoms with Crippen LogP contribution in [0.5, 0.6) is 0 Å².